The number of rotatable bonds is 6. The zero-order valence-corrected chi connectivity index (χ0v) is 18.5. The Morgan fingerprint density at radius 1 is 1.13 bits per heavy atom. The lowest BCUT2D eigenvalue weighted by atomic mass is 10.1. The minimum Gasteiger partial charge on any atom is -0.478 e. The number of amides is 1. The van der Waals surface area contributed by atoms with Crippen LogP contribution in [0.25, 0.3) is 17.4 Å². The molecule has 1 fully saturated rings. The predicted octanol–water partition coefficient (Wildman–Crippen LogP) is 5.74. The van der Waals surface area contributed by atoms with Gasteiger partial charge in [-0.2, -0.15) is 0 Å². The molecule has 0 unspecified atom stereocenters. The average molecular weight is 470 g/mol. The number of thiocarbonyl (C=S) groups is 1. The second-order valence-corrected chi connectivity index (χ2v) is 8.82. The number of furan rings is 1. The van der Waals surface area contributed by atoms with E-state index in [-0.39, 0.29) is 16.5 Å². The molecule has 8 heteroatoms. The van der Waals surface area contributed by atoms with Gasteiger partial charge in [-0.1, -0.05) is 78.0 Å². The molecule has 0 radical (unpaired) electrons. The average Bonchev–Trinajstić information content (AvgIpc) is 3.31. The zero-order chi connectivity index (χ0) is 22.0. The number of hydrogen-bond acceptors (Lipinski definition) is 5. The Bertz CT molecular complexity index is 1200. The van der Waals surface area contributed by atoms with Crippen LogP contribution in [0.1, 0.15) is 21.7 Å². The van der Waals surface area contributed by atoms with Gasteiger partial charge in [0.1, 0.15) is 15.8 Å². The van der Waals surface area contributed by atoms with E-state index in [4.69, 9.17) is 28.2 Å². The molecule has 156 valence electrons. The highest BCUT2D eigenvalue weighted by Crippen LogP contribution is 2.35. The predicted molar refractivity (Wildman–Crippen MR) is 126 cm³/mol. The van der Waals surface area contributed by atoms with Crippen molar-refractivity contribution in [1.82, 2.24) is 4.90 Å². The fourth-order valence-electron chi connectivity index (χ4n) is 3.23. The molecule has 1 saturated heterocycles. The topological polar surface area (TPSA) is 70.8 Å². The molecule has 0 bridgehead atoms. The van der Waals surface area contributed by atoms with Gasteiger partial charge in [0.15, 0.2) is 0 Å². The summed E-state index contributed by atoms with van der Waals surface area (Å²) in [4.78, 5) is 26.4. The Balaban J connectivity index is 1.53. The Hall–Kier alpha value is -2.87. The Morgan fingerprint density at radius 3 is 2.65 bits per heavy atom. The maximum atomic E-state index is 12.8. The minimum absolute atomic E-state index is 0.0303. The first-order valence-corrected chi connectivity index (χ1v) is 11.0. The Kier molecular flexibility index (Phi) is 6.27. The van der Waals surface area contributed by atoms with E-state index < -0.39 is 5.97 Å². The molecule has 0 saturated carbocycles. The van der Waals surface area contributed by atoms with Crippen LogP contribution in [0.2, 0.25) is 5.02 Å². The quantitative estimate of drug-likeness (QED) is 0.366. The van der Waals surface area contributed by atoms with Crippen LogP contribution in [0.4, 0.5) is 0 Å². The highest BCUT2D eigenvalue weighted by Gasteiger charge is 2.32. The van der Waals surface area contributed by atoms with Gasteiger partial charge in [0, 0.05) is 18.2 Å². The summed E-state index contributed by atoms with van der Waals surface area (Å²) in [7, 11) is 0. The fraction of sp³-hybridized carbons (Fsp3) is 0.0870. The van der Waals surface area contributed by atoms with Crippen LogP contribution in [0.5, 0.6) is 0 Å². The molecular weight excluding hydrogens is 454 g/mol. The number of thioether (sulfide) groups is 1. The molecule has 0 spiro atoms. The highest BCUT2D eigenvalue weighted by molar-refractivity contribution is 8.26. The molecule has 0 atom stereocenters. The van der Waals surface area contributed by atoms with Gasteiger partial charge in [0.05, 0.1) is 15.5 Å². The second kappa shape index (κ2) is 9.09. The number of carbonyl (C=O) groups excluding carboxylic acids is 1. The number of carbonyl (C=O) groups is 2. The van der Waals surface area contributed by atoms with Gasteiger partial charge in [0.25, 0.3) is 5.91 Å². The first-order valence-electron chi connectivity index (χ1n) is 9.35. The van der Waals surface area contributed by atoms with Crippen LogP contribution in [-0.2, 0) is 11.2 Å². The summed E-state index contributed by atoms with van der Waals surface area (Å²) in [5, 5.41) is 9.59. The maximum Gasteiger partial charge on any atom is 0.337 e. The van der Waals surface area contributed by atoms with Crippen molar-refractivity contribution in [1.29, 1.82) is 0 Å². The van der Waals surface area contributed by atoms with E-state index in [0.29, 0.717) is 39.3 Å². The summed E-state index contributed by atoms with van der Waals surface area (Å²) in [6.45, 7) is 0.500. The number of aromatic carboxylic acids is 1. The van der Waals surface area contributed by atoms with E-state index in [0.717, 1.165) is 5.56 Å². The third-order valence-electron chi connectivity index (χ3n) is 4.73. The number of nitrogens with zero attached hydrogens (tertiary/aromatic N) is 1. The standard InChI is InChI=1S/C23H16ClNO4S2/c24-17-8-4-7-16(20(17)22(27)28)18-10-9-15(29-18)13-19-21(26)25(23(30)31-19)12-11-14-5-2-1-3-6-14/h1-10,13H,11-12H2,(H,27,28)/b19-13+. The van der Waals surface area contributed by atoms with Crippen LogP contribution in [-0.4, -0.2) is 32.7 Å². The molecular formula is C23H16ClNO4S2. The third-order valence-corrected chi connectivity index (χ3v) is 6.43. The van der Waals surface area contributed by atoms with E-state index in [2.05, 4.69) is 0 Å². The second-order valence-electron chi connectivity index (χ2n) is 6.74. The summed E-state index contributed by atoms with van der Waals surface area (Å²) in [6, 6.07) is 18.0. The molecule has 31 heavy (non-hydrogen) atoms. The van der Waals surface area contributed by atoms with Crippen LogP contribution in [0, 0.1) is 0 Å². The van der Waals surface area contributed by atoms with Gasteiger partial charge in [-0.05, 0) is 30.2 Å². The molecule has 1 amide bonds. The van der Waals surface area contributed by atoms with Gasteiger partial charge in [-0.25, -0.2) is 4.79 Å². The molecule has 2 aromatic carbocycles. The molecule has 1 aliphatic heterocycles. The zero-order valence-electron chi connectivity index (χ0n) is 16.1. The van der Waals surface area contributed by atoms with E-state index in [1.54, 1.807) is 35.2 Å². The van der Waals surface area contributed by atoms with Gasteiger partial charge in [-0.15, -0.1) is 0 Å². The van der Waals surface area contributed by atoms with E-state index in [1.807, 2.05) is 30.3 Å². The lowest BCUT2D eigenvalue weighted by Crippen LogP contribution is -2.30. The van der Waals surface area contributed by atoms with Crippen molar-refractivity contribution < 1.29 is 19.1 Å². The van der Waals surface area contributed by atoms with Crippen molar-refractivity contribution in [3.63, 3.8) is 0 Å². The van der Waals surface area contributed by atoms with Gasteiger partial charge < -0.3 is 9.52 Å². The Labute approximate surface area is 193 Å². The summed E-state index contributed by atoms with van der Waals surface area (Å²) in [6.07, 6.45) is 2.33. The van der Waals surface area contributed by atoms with Crippen molar-refractivity contribution in [2.45, 2.75) is 6.42 Å². The number of halogens is 1. The summed E-state index contributed by atoms with van der Waals surface area (Å²) < 4.78 is 6.30. The van der Waals surface area contributed by atoms with Crippen molar-refractivity contribution in [2.75, 3.05) is 6.54 Å². The van der Waals surface area contributed by atoms with Crippen LogP contribution in [0.15, 0.2) is 70.0 Å². The summed E-state index contributed by atoms with van der Waals surface area (Å²) >= 11 is 12.6. The minimum atomic E-state index is -1.14. The van der Waals surface area contributed by atoms with Crippen LogP contribution >= 0.6 is 35.6 Å². The third kappa shape index (κ3) is 4.58. The normalized spacial score (nSPS) is 15.1. The molecule has 1 aliphatic rings. The number of benzene rings is 2. The number of carboxylic acid groups (broad SMARTS) is 1. The smallest absolute Gasteiger partial charge is 0.337 e. The molecule has 1 aromatic heterocycles. The molecule has 0 aliphatic carbocycles. The van der Waals surface area contributed by atoms with Crippen molar-refractivity contribution in [3.8, 4) is 11.3 Å². The molecule has 4 rings (SSSR count). The molecule has 2 heterocycles. The van der Waals surface area contributed by atoms with E-state index >= 15 is 0 Å². The largest absolute Gasteiger partial charge is 0.478 e. The Morgan fingerprint density at radius 2 is 1.90 bits per heavy atom. The van der Waals surface area contributed by atoms with Crippen molar-refractivity contribution in [2.24, 2.45) is 0 Å². The van der Waals surface area contributed by atoms with Gasteiger partial charge in [-0.3, -0.25) is 9.69 Å². The van der Waals surface area contributed by atoms with E-state index in [1.165, 1.54) is 17.8 Å². The molecule has 1 N–H and O–H groups in total. The van der Waals surface area contributed by atoms with Gasteiger partial charge in [0.2, 0.25) is 0 Å². The summed E-state index contributed by atoms with van der Waals surface area (Å²) in [5.41, 5.74) is 1.47. The van der Waals surface area contributed by atoms with Crippen molar-refractivity contribution in [3.05, 3.63) is 87.5 Å². The summed E-state index contributed by atoms with van der Waals surface area (Å²) in [5.74, 6) is -0.531. The SMILES string of the molecule is O=C(O)c1c(Cl)cccc1-c1ccc(/C=C2/SC(=S)N(CCc3ccccc3)C2=O)o1. The number of carboxylic acids is 1. The lowest BCUT2D eigenvalue weighted by molar-refractivity contribution is -0.122. The van der Waals surface area contributed by atoms with Gasteiger partial charge >= 0.3 is 5.97 Å². The number of hydrogen-bond donors (Lipinski definition) is 1. The fourth-order valence-corrected chi connectivity index (χ4v) is 4.77. The monoisotopic (exact) mass is 469 g/mol. The van der Waals surface area contributed by atoms with Crippen LogP contribution < -0.4 is 0 Å². The first-order chi connectivity index (χ1) is 14.9. The van der Waals surface area contributed by atoms with Crippen LogP contribution in [0.3, 0.4) is 0 Å². The first kappa shape index (κ1) is 21.4. The highest BCUT2D eigenvalue weighted by atomic mass is 35.5. The van der Waals surface area contributed by atoms with E-state index in [9.17, 15) is 14.7 Å². The lowest BCUT2D eigenvalue weighted by Gasteiger charge is -2.14. The maximum absolute atomic E-state index is 12.8. The molecule has 5 nitrogen and oxygen atoms in total. The molecule has 3 aromatic rings. The van der Waals surface area contributed by atoms with Crippen molar-refractivity contribution >= 4 is 57.9 Å².